The van der Waals surface area contributed by atoms with Crippen molar-refractivity contribution in [1.82, 2.24) is 29.3 Å². The van der Waals surface area contributed by atoms with Crippen LogP contribution in [0.2, 0.25) is 0 Å². The van der Waals surface area contributed by atoms with Gasteiger partial charge in [-0.05, 0) is 25.0 Å². The summed E-state index contributed by atoms with van der Waals surface area (Å²) in [5, 5.41) is 11.8. The van der Waals surface area contributed by atoms with E-state index < -0.39 is 5.91 Å². The summed E-state index contributed by atoms with van der Waals surface area (Å²) in [4.78, 5) is 30.8. The minimum absolute atomic E-state index is 0.130. The summed E-state index contributed by atoms with van der Waals surface area (Å²) in [5.41, 5.74) is 0.786. The summed E-state index contributed by atoms with van der Waals surface area (Å²) in [7, 11) is 0. The van der Waals surface area contributed by atoms with Crippen LogP contribution in [-0.4, -0.2) is 54.2 Å². The molecule has 0 radical (unpaired) electrons. The van der Waals surface area contributed by atoms with Crippen molar-refractivity contribution in [2.45, 2.75) is 12.8 Å². The van der Waals surface area contributed by atoms with Crippen molar-refractivity contribution in [3.05, 3.63) is 46.4 Å². The number of nitrogens with zero attached hydrogens (tertiary/aromatic N) is 7. The van der Waals surface area contributed by atoms with Crippen LogP contribution in [0.5, 0.6) is 0 Å². The number of rotatable bonds is 2. The molecule has 0 unspecified atom stereocenters. The summed E-state index contributed by atoms with van der Waals surface area (Å²) in [5.74, 6) is -0.646. The standard InChI is InChI=1S/C15H13N7O2S/c23-13(10-6-2-1-3-7-10)16-15-22-12(18-20-25-15)11(17-19-22)14(24)21-8-4-5-9-21/h1-3,6-7H,4-5,8-9H2. The molecule has 1 aliphatic rings. The van der Waals surface area contributed by atoms with Crippen LogP contribution >= 0.6 is 11.5 Å². The van der Waals surface area contributed by atoms with Crippen molar-refractivity contribution in [3.63, 3.8) is 0 Å². The summed E-state index contributed by atoms with van der Waals surface area (Å²) in [6, 6.07) is 8.68. The Hall–Kier alpha value is -3.01. The first-order chi connectivity index (χ1) is 12.2. The van der Waals surface area contributed by atoms with Crippen molar-refractivity contribution < 1.29 is 9.59 Å². The van der Waals surface area contributed by atoms with Gasteiger partial charge in [0.2, 0.25) is 10.4 Å². The Bertz CT molecular complexity index is 1010. The maximum absolute atomic E-state index is 12.5. The largest absolute Gasteiger partial charge is 0.337 e. The van der Waals surface area contributed by atoms with Crippen molar-refractivity contribution >= 4 is 29.0 Å². The number of fused-ring (bicyclic) bond motifs is 1. The second-order valence-electron chi connectivity index (χ2n) is 5.51. The fourth-order valence-corrected chi connectivity index (χ4v) is 3.15. The minimum atomic E-state index is -0.422. The normalized spacial score (nSPS) is 15.0. The van der Waals surface area contributed by atoms with Gasteiger partial charge in [-0.25, -0.2) is 0 Å². The van der Waals surface area contributed by atoms with Gasteiger partial charge < -0.3 is 4.90 Å². The Labute approximate surface area is 145 Å². The molecule has 1 saturated heterocycles. The van der Waals surface area contributed by atoms with Gasteiger partial charge in [-0.15, -0.1) is 10.2 Å². The highest BCUT2D eigenvalue weighted by Crippen LogP contribution is 2.13. The van der Waals surface area contributed by atoms with Crippen molar-refractivity contribution in [1.29, 1.82) is 0 Å². The first kappa shape index (κ1) is 15.5. The molecule has 9 nitrogen and oxygen atoms in total. The van der Waals surface area contributed by atoms with Crippen LogP contribution in [0.3, 0.4) is 0 Å². The molecule has 4 rings (SSSR count). The highest BCUT2D eigenvalue weighted by Gasteiger charge is 2.25. The Morgan fingerprint density at radius 2 is 1.84 bits per heavy atom. The average molecular weight is 355 g/mol. The zero-order valence-corrected chi connectivity index (χ0v) is 13.9. The molecule has 3 heterocycles. The molecule has 1 fully saturated rings. The highest BCUT2D eigenvalue weighted by atomic mass is 32.1. The van der Waals surface area contributed by atoms with Crippen molar-refractivity contribution in [2.75, 3.05) is 13.1 Å². The van der Waals surface area contributed by atoms with E-state index in [1.54, 1.807) is 29.2 Å². The van der Waals surface area contributed by atoms with E-state index in [0.29, 0.717) is 18.7 Å². The minimum Gasteiger partial charge on any atom is -0.337 e. The molecule has 0 spiro atoms. The first-order valence-electron chi connectivity index (χ1n) is 7.75. The van der Waals surface area contributed by atoms with Crippen LogP contribution in [0.1, 0.15) is 33.7 Å². The topological polar surface area (TPSA) is 106 Å². The van der Waals surface area contributed by atoms with Gasteiger partial charge in [0.15, 0.2) is 5.69 Å². The van der Waals surface area contributed by atoms with Gasteiger partial charge >= 0.3 is 0 Å². The summed E-state index contributed by atoms with van der Waals surface area (Å²) < 4.78 is 5.16. The molecule has 2 aromatic heterocycles. The Morgan fingerprint density at radius 1 is 1.08 bits per heavy atom. The van der Waals surface area contributed by atoms with E-state index in [2.05, 4.69) is 24.9 Å². The number of aromatic nitrogens is 5. The molecule has 0 saturated carbocycles. The number of likely N-dealkylation sites (tertiary alicyclic amines) is 1. The maximum atomic E-state index is 12.5. The smallest absolute Gasteiger partial charge is 0.279 e. The fraction of sp³-hybridized carbons (Fsp3) is 0.267. The monoisotopic (exact) mass is 355 g/mol. The number of carbonyl (C=O) groups is 2. The van der Waals surface area contributed by atoms with Crippen molar-refractivity contribution in [2.24, 2.45) is 4.99 Å². The lowest BCUT2D eigenvalue weighted by Crippen LogP contribution is -2.28. The molecular weight excluding hydrogens is 342 g/mol. The van der Waals surface area contributed by atoms with Crippen LogP contribution < -0.4 is 4.80 Å². The molecule has 2 amide bonds. The number of benzene rings is 1. The number of hydrogen-bond acceptors (Lipinski definition) is 7. The predicted octanol–water partition coefficient (Wildman–Crippen LogP) is 0.558. The third-order valence-electron chi connectivity index (χ3n) is 3.90. The molecule has 0 aliphatic carbocycles. The summed E-state index contributed by atoms with van der Waals surface area (Å²) in [6.45, 7) is 1.40. The van der Waals surface area contributed by atoms with E-state index >= 15 is 0 Å². The predicted molar refractivity (Wildman–Crippen MR) is 87.9 cm³/mol. The van der Waals surface area contributed by atoms with Crippen LogP contribution in [0, 0.1) is 0 Å². The number of carbonyl (C=O) groups excluding carboxylic acids is 2. The van der Waals surface area contributed by atoms with Gasteiger partial charge in [-0.1, -0.05) is 27.9 Å². The van der Waals surface area contributed by atoms with Gasteiger partial charge in [0.05, 0.1) is 0 Å². The van der Waals surface area contributed by atoms with E-state index in [-0.39, 0.29) is 22.0 Å². The molecule has 0 N–H and O–H groups in total. The molecule has 0 bridgehead atoms. The van der Waals surface area contributed by atoms with Gasteiger partial charge in [0.1, 0.15) is 0 Å². The van der Waals surface area contributed by atoms with Gasteiger partial charge in [0.25, 0.3) is 11.8 Å². The number of amides is 2. The third kappa shape index (κ3) is 2.91. The molecule has 126 valence electrons. The number of hydrogen-bond donors (Lipinski definition) is 0. The first-order valence-corrected chi connectivity index (χ1v) is 8.53. The second kappa shape index (κ2) is 6.48. The molecule has 3 aromatic rings. The van der Waals surface area contributed by atoms with Crippen LogP contribution in [0.4, 0.5) is 0 Å². The Balaban J connectivity index is 1.75. The van der Waals surface area contributed by atoms with Crippen LogP contribution in [0.25, 0.3) is 5.65 Å². The van der Waals surface area contributed by atoms with E-state index in [4.69, 9.17) is 0 Å². The molecule has 10 heteroatoms. The average Bonchev–Trinajstić information content (AvgIpc) is 3.32. The van der Waals surface area contributed by atoms with E-state index in [9.17, 15) is 9.59 Å². The summed E-state index contributed by atoms with van der Waals surface area (Å²) in [6.07, 6.45) is 1.95. The van der Waals surface area contributed by atoms with E-state index in [1.807, 2.05) is 6.07 Å². The lowest BCUT2D eigenvalue weighted by atomic mass is 10.2. The van der Waals surface area contributed by atoms with Gasteiger partial charge in [0, 0.05) is 30.2 Å². The lowest BCUT2D eigenvalue weighted by molar-refractivity contribution is 0.0788. The summed E-state index contributed by atoms with van der Waals surface area (Å²) >= 11 is 0.909. The van der Waals surface area contributed by atoms with Crippen LogP contribution in [0.15, 0.2) is 35.3 Å². The molecule has 25 heavy (non-hydrogen) atoms. The molecule has 1 aliphatic heterocycles. The quantitative estimate of drug-likeness (QED) is 0.665. The molecule has 1 aromatic carbocycles. The Kier molecular flexibility index (Phi) is 4.02. The highest BCUT2D eigenvalue weighted by molar-refractivity contribution is 7.02. The van der Waals surface area contributed by atoms with Crippen LogP contribution in [-0.2, 0) is 0 Å². The van der Waals surface area contributed by atoms with Gasteiger partial charge in [-0.2, -0.15) is 9.51 Å². The Morgan fingerprint density at radius 3 is 2.60 bits per heavy atom. The SMILES string of the molecule is O=C(N=c1snnc2c(C(=O)N3CCCC3)nnn12)c1ccccc1. The maximum Gasteiger partial charge on any atom is 0.279 e. The van der Waals surface area contributed by atoms with E-state index in [0.717, 1.165) is 24.4 Å². The zero-order chi connectivity index (χ0) is 17.2. The van der Waals surface area contributed by atoms with E-state index in [1.165, 1.54) is 4.52 Å². The van der Waals surface area contributed by atoms with Crippen molar-refractivity contribution in [3.8, 4) is 0 Å². The van der Waals surface area contributed by atoms with Gasteiger partial charge in [-0.3, -0.25) is 9.59 Å². The third-order valence-corrected chi connectivity index (χ3v) is 4.49. The molecule has 0 atom stereocenters. The lowest BCUT2D eigenvalue weighted by Gasteiger charge is -2.12. The zero-order valence-electron chi connectivity index (χ0n) is 13.1. The second-order valence-corrected chi connectivity index (χ2v) is 6.22. The molecular formula is C15H13N7O2S. The fourth-order valence-electron chi connectivity index (χ4n) is 2.64.